The van der Waals surface area contributed by atoms with Crippen molar-refractivity contribution in [3.05, 3.63) is 34.4 Å². The first kappa shape index (κ1) is 20.0. The zero-order valence-electron chi connectivity index (χ0n) is 15.2. The minimum atomic E-state index is -0.602. The number of nitrogens with one attached hydrogen (secondary N) is 2. The van der Waals surface area contributed by atoms with Crippen molar-refractivity contribution in [3.8, 4) is 0 Å². The van der Waals surface area contributed by atoms with Gasteiger partial charge in [0.2, 0.25) is 5.91 Å². The van der Waals surface area contributed by atoms with Gasteiger partial charge in [-0.3, -0.25) is 9.59 Å². The van der Waals surface area contributed by atoms with Crippen LogP contribution >= 0.6 is 15.9 Å². The third kappa shape index (κ3) is 5.32. The Kier molecular flexibility index (Phi) is 6.07. The van der Waals surface area contributed by atoms with Crippen molar-refractivity contribution in [2.45, 2.75) is 26.3 Å². The van der Waals surface area contributed by atoms with Crippen LogP contribution in [0.25, 0.3) is 10.9 Å². The quantitative estimate of drug-likeness (QED) is 0.722. The maximum absolute atomic E-state index is 12.3. The molecule has 2 amide bonds. The van der Waals surface area contributed by atoms with E-state index < -0.39 is 18.5 Å². The molecule has 0 spiro atoms. The summed E-state index contributed by atoms with van der Waals surface area (Å²) in [6.45, 7) is 5.03. The first-order valence-electron chi connectivity index (χ1n) is 8.05. The second-order valence-corrected chi connectivity index (χ2v) is 7.93. The van der Waals surface area contributed by atoms with Crippen molar-refractivity contribution >= 4 is 44.6 Å². The van der Waals surface area contributed by atoms with Crippen molar-refractivity contribution in [1.82, 2.24) is 15.2 Å². The van der Waals surface area contributed by atoms with E-state index in [0.717, 1.165) is 9.99 Å². The molecule has 0 atom stereocenters. The molecule has 8 heteroatoms. The van der Waals surface area contributed by atoms with E-state index in [0.29, 0.717) is 10.9 Å². The highest BCUT2D eigenvalue weighted by atomic mass is 79.9. The van der Waals surface area contributed by atoms with Gasteiger partial charge in [0.1, 0.15) is 0 Å². The minimum absolute atomic E-state index is 0.103. The second-order valence-electron chi connectivity index (χ2n) is 7.02. The molecule has 0 aliphatic rings. The van der Waals surface area contributed by atoms with Crippen molar-refractivity contribution in [2.75, 3.05) is 20.2 Å². The molecule has 0 saturated heterocycles. The number of nitrogens with zero attached hydrogens (tertiary/aromatic N) is 1. The lowest BCUT2D eigenvalue weighted by atomic mass is 10.1. The number of hydrogen-bond acceptors (Lipinski definition) is 4. The molecule has 1 aromatic carbocycles. The third-order valence-corrected chi connectivity index (χ3v) is 4.00. The van der Waals surface area contributed by atoms with Crippen molar-refractivity contribution < 1.29 is 19.1 Å². The topological polar surface area (TPSA) is 91.5 Å². The highest BCUT2D eigenvalue weighted by molar-refractivity contribution is 9.10. The molecular weight excluding hydrogens is 402 g/mol. The predicted octanol–water partition coefficient (Wildman–Crippen LogP) is 2.46. The van der Waals surface area contributed by atoms with Gasteiger partial charge in [-0.25, -0.2) is 4.79 Å². The maximum Gasteiger partial charge on any atom is 0.340 e. The Bertz CT molecular complexity index is 839. The van der Waals surface area contributed by atoms with E-state index >= 15 is 0 Å². The number of amides is 2. The Morgan fingerprint density at radius 2 is 1.96 bits per heavy atom. The number of esters is 1. The summed E-state index contributed by atoms with van der Waals surface area (Å²) in [6.07, 6.45) is 1.55. The molecule has 0 bridgehead atoms. The van der Waals surface area contributed by atoms with Crippen LogP contribution < -0.4 is 5.32 Å². The standard InChI is InChI=1S/C18H22BrN3O4/c1-18(2,3)21-15(23)9-22(4)16(24)10-26-17(25)13-8-20-14-6-5-11(19)7-12(13)14/h5-8,20H,9-10H2,1-4H3,(H,21,23). The number of carbonyl (C=O) groups excluding carboxylic acids is 3. The van der Waals surface area contributed by atoms with Gasteiger partial charge in [0.15, 0.2) is 6.61 Å². The summed E-state index contributed by atoms with van der Waals surface area (Å²) in [5.74, 6) is -1.33. The molecule has 7 nitrogen and oxygen atoms in total. The Labute approximate surface area is 160 Å². The highest BCUT2D eigenvalue weighted by Gasteiger charge is 2.20. The molecule has 1 heterocycles. The average Bonchev–Trinajstić information content (AvgIpc) is 2.93. The summed E-state index contributed by atoms with van der Waals surface area (Å²) in [6, 6.07) is 5.49. The number of rotatable bonds is 5. The zero-order chi connectivity index (χ0) is 19.5. The lowest BCUT2D eigenvalue weighted by Crippen LogP contribution is -2.46. The Hall–Kier alpha value is -2.35. The van der Waals surface area contributed by atoms with Gasteiger partial charge < -0.3 is 19.9 Å². The van der Waals surface area contributed by atoms with Crippen molar-refractivity contribution in [1.29, 1.82) is 0 Å². The third-order valence-electron chi connectivity index (χ3n) is 3.51. The molecular formula is C18H22BrN3O4. The Balaban J connectivity index is 1.92. The molecule has 140 valence electrons. The van der Waals surface area contributed by atoms with Gasteiger partial charge in [-0.15, -0.1) is 0 Å². The Morgan fingerprint density at radius 1 is 1.27 bits per heavy atom. The van der Waals surface area contributed by atoms with E-state index in [1.807, 2.05) is 32.9 Å². The van der Waals surface area contributed by atoms with Gasteiger partial charge in [-0.2, -0.15) is 0 Å². The summed E-state index contributed by atoms with van der Waals surface area (Å²) >= 11 is 3.36. The van der Waals surface area contributed by atoms with Gasteiger partial charge in [-0.05, 0) is 39.0 Å². The van der Waals surface area contributed by atoms with Crippen LogP contribution in [0.4, 0.5) is 0 Å². The van der Waals surface area contributed by atoms with Crippen molar-refractivity contribution in [2.24, 2.45) is 0 Å². The predicted molar refractivity (Wildman–Crippen MR) is 102 cm³/mol. The van der Waals surface area contributed by atoms with Crippen LogP contribution in [-0.2, 0) is 14.3 Å². The molecule has 0 fully saturated rings. The smallest absolute Gasteiger partial charge is 0.340 e. The molecule has 0 radical (unpaired) electrons. The number of likely N-dealkylation sites (N-methyl/N-ethyl adjacent to an activating group) is 1. The number of hydrogen-bond donors (Lipinski definition) is 2. The van der Waals surface area contributed by atoms with E-state index in [2.05, 4.69) is 26.2 Å². The number of carbonyl (C=O) groups is 3. The zero-order valence-corrected chi connectivity index (χ0v) is 16.8. The van der Waals surface area contributed by atoms with E-state index in [4.69, 9.17) is 4.74 Å². The molecule has 0 aliphatic carbocycles. The summed E-state index contributed by atoms with van der Waals surface area (Å²) in [5.41, 5.74) is 0.765. The van der Waals surface area contributed by atoms with Crippen LogP contribution in [0.1, 0.15) is 31.1 Å². The van der Waals surface area contributed by atoms with Crippen LogP contribution in [-0.4, -0.2) is 53.4 Å². The highest BCUT2D eigenvalue weighted by Crippen LogP contribution is 2.23. The average molecular weight is 424 g/mol. The number of benzene rings is 1. The molecule has 1 aromatic heterocycles. The summed E-state index contributed by atoms with van der Waals surface area (Å²) in [7, 11) is 1.49. The SMILES string of the molecule is CN(CC(=O)NC(C)(C)C)C(=O)COC(=O)c1c[nH]c2ccc(Br)cc12. The van der Waals surface area contributed by atoms with Gasteiger partial charge in [0.25, 0.3) is 5.91 Å². The van der Waals surface area contributed by atoms with Gasteiger partial charge >= 0.3 is 5.97 Å². The molecule has 0 unspecified atom stereocenters. The maximum atomic E-state index is 12.3. The molecule has 0 aliphatic heterocycles. The second kappa shape index (κ2) is 7.90. The summed E-state index contributed by atoms with van der Waals surface area (Å²) in [4.78, 5) is 40.4. The first-order valence-corrected chi connectivity index (χ1v) is 8.85. The van der Waals surface area contributed by atoms with Gasteiger partial charge in [0, 0.05) is 34.2 Å². The van der Waals surface area contributed by atoms with Gasteiger partial charge in [-0.1, -0.05) is 15.9 Å². The minimum Gasteiger partial charge on any atom is -0.452 e. The van der Waals surface area contributed by atoms with E-state index in [1.54, 1.807) is 12.3 Å². The summed E-state index contributed by atoms with van der Waals surface area (Å²) < 4.78 is 5.94. The van der Waals surface area contributed by atoms with E-state index in [-0.39, 0.29) is 18.0 Å². The summed E-state index contributed by atoms with van der Waals surface area (Å²) in [5, 5.41) is 3.47. The number of fused-ring (bicyclic) bond motifs is 1. The van der Waals surface area contributed by atoms with Crippen LogP contribution in [0.5, 0.6) is 0 Å². The van der Waals surface area contributed by atoms with Crippen LogP contribution in [0.3, 0.4) is 0 Å². The molecule has 0 saturated carbocycles. The lowest BCUT2D eigenvalue weighted by Gasteiger charge is -2.23. The lowest BCUT2D eigenvalue weighted by molar-refractivity contribution is -0.137. The van der Waals surface area contributed by atoms with Crippen LogP contribution in [0.15, 0.2) is 28.9 Å². The van der Waals surface area contributed by atoms with E-state index in [9.17, 15) is 14.4 Å². The Morgan fingerprint density at radius 3 is 2.62 bits per heavy atom. The molecule has 26 heavy (non-hydrogen) atoms. The largest absolute Gasteiger partial charge is 0.452 e. The number of halogens is 1. The van der Waals surface area contributed by atoms with Crippen LogP contribution in [0.2, 0.25) is 0 Å². The molecule has 2 rings (SSSR count). The molecule has 2 N–H and O–H groups in total. The number of ether oxygens (including phenoxy) is 1. The van der Waals surface area contributed by atoms with Crippen molar-refractivity contribution in [3.63, 3.8) is 0 Å². The van der Waals surface area contributed by atoms with Crippen LogP contribution in [0, 0.1) is 0 Å². The molecule has 2 aromatic rings. The first-order chi connectivity index (χ1) is 12.1. The number of aromatic amines is 1. The monoisotopic (exact) mass is 423 g/mol. The van der Waals surface area contributed by atoms with Gasteiger partial charge in [0.05, 0.1) is 12.1 Å². The van der Waals surface area contributed by atoms with E-state index in [1.165, 1.54) is 11.9 Å². The fourth-order valence-electron chi connectivity index (χ4n) is 2.34. The fourth-order valence-corrected chi connectivity index (χ4v) is 2.70. The normalized spacial score (nSPS) is 11.3. The fraction of sp³-hybridized carbons (Fsp3) is 0.389. The number of aromatic nitrogens is 1. The number of H-pyrrole nitrogens is 1.